The molecular formula is C21H16BrClN2O7. The maximum absolute atomic E-state index is 12.8. The molecule has 1 aliphatic heterocycles. The second-order valence-electron chi connectivity index (χ2n) is 6.25. The van der Waals surface area contributed by atoms with Crippen LogP contribution >= 0.6 is 27.5 Å². The Morgan fingerprint density at radius 1 is 1.38 bits per heavy atom. The fraction of sp³-hybridized carbons (Fsp3) is 0.190. The molecule has 0 bridgehead atoms. The Balaban J connectivity index is 1.87. The molecule has 3 amide bonds. The van der Waals surface area contributed by atoms with Crippen molar-refractivity contribution in [3.8, 4) is 23.8 Å². The van der Waals surface area contributed by atoms with E-state index in [1.807, 2.05) is 0 Å². The molecule has 32 heavy (non-hydrogen) atoms. The van der Waals surface area contributed by atoms with Gasteiger partial charge in [-0.2, -0.15) is 0 Å². The highest BCUT2D eigenvalue weighted by atomic mass is 79.9. The zero-order chi connectivity index (χ0) is 23.4. The molecule has 0 unspecified atom stereocenters. The van der Waals surface area contributed by atoms with Crippen LogP contribution in [0.5, 0.6) is 11.5 Å². The van der Waals surface area contributed by atoms with Crippen LogP contribution in [0.15, 0.2) is 32.8 Å². The number of hydrogen-bond donors (Lipinski definition) is 1. The number of carbonyl (C=O) groups is 3. The lowest BCUT2D eigenvalue weighted by Crippen LogP contribution is -2.30. The molecule has 0 atom stereocenters. The molecule has 11 heteroatoms. The first-order valence-electron chi connectivity index (χ1n) is 8.94. The normalized spacial score (nSPS) is 14.3. The summed E-state index contributed by atoms with van der Waals surface area (Å²) in [5, 5.41) is 2.69. The van der Waals surface area contributed by atoms with Gasteiger partial charge in [0, 0.05) is 4.47 Å². The second-order valence-corrected chi connectivity index (χ2v) is 7.43. The monoisotopic (exact) mass is 522 g/mol. The summed E-state index contributed by atoms with van der Waals surface area (Å²) in [6, 6.07) is 3.79. The lowest BCUT2D eigenvalue weighted by atomic mass is 10.1. The first kappa shape index (κ1) is 23.2. The van der Waals surface area contributed by atoms with E-state index in [1.165, 1.54) is 32.4 Å². The summed E-state index contributed by atoms with van der Waals surface area (Å²) < 4.78 is 21.0. The van der Waals surface area contributed by atoms with Gasteiger partial charge < -0.3 is 23.9 Å². The van der Waals surface area contributed by atoms with E-state index in [9.17, 15) is 14.4 Å². The van der Waals surface area contributed by atoms with Gasteiger partial charge in [0.25, 0.3) is 5.91 Å². The lowest BCUT2D eigenvalue weighted by Gasteiger charge is -2.14. The molecular weight excluding hydrogens is 508 g/mol. The Kier molecular flexibility index (Phi) is 7.12. The SMILES string of the molecule is C#CCOc1c(OC)cc(/C=C2\NC(=O)N(Cc3ccc(C(=O)OC)o3)C2=O)c(Br)c1Cl. The average molecular weight is 524 g/mol. The van der Waals surface area contributed by atoms with E-state index in [0.717, 1.165) is 4.90 Å². The number of hydrogen-bond acceptors (Lipinski definition) is 7. The summed E-state index contributed by atoms with van der Waals surface area (Å²) in [5.41, 5.74) is 0.460. The number of urea groups is 1. The molecule has 0 saturated carbocycles. The number of halogens is 2. The van der Waals surface area contributed by atoms with Gasteiger partial charge in [-0.1, -0.05) is 17.5 Å². The summed E-state index contributed by atoms with van der Waals surface area (Å²) in [5.74, 6) is 1.80. The van der Waals surface area contributed by atoms with Crippen LogP contribution in [0.25, 0.3) is 6.08 Å². The van der Waals surface area contributed by atoms with Gasteiger partial charge in [0.05, 0.1) is 20.8 Å². The van der Waals surface area contributed by atoms with Crippen molar-refractivity contribution in [2.45, 2.75) is 6.54 Å². The van der Waals surface area contributed by atoms with Crippen LogP contribution in [0.3, 0.4) is 0 Å². The van der Waals surface area contributed by atoms with E-state index in [4.69, 9.17) is 31.9 Å². The summed E-state index contributed by atoms with van der Waals surface area (Å²) in [6.45, 7) is -0.194. The van der Waals surface area contributed by atoms with Crippen molar-refractivity contribution in [1.29, 1.82) is 0 Å². The lowest BCUT2D eigenvalue weighted by molar-refractivity contribution is -0.123. The van der Waals surface area contributed by atoms with Crippen LogP contribution in [-0.4, -0.2) is 43.6 Å². The van der Waals surface area contributed by atoms with Crippen molar-refractivity contribution in [2.24, 2.45) is 0 Å². The number of amides is 3. The quantitative estimate of drug-likeness (QED) is 0.256. The number of terminal acetylenes is 1. The molecule has 1 fully saturated rings. The highest BCUT2D eigenvalue weighted by Gasteiger charge is 2.34. The number of esters is 1. The maximum atomic E-state index is 12.8. The number of carbonyl (C=O) groups excluding carboxylic acids is 3. The van der Waals surface area contributed by atoms with Crippen molar-refractivity contribution in [2.75, 3.05) is 20.8 Å². The van der Waals surface area contributed by atoms with Crippen LogP contribution in [-0.2, 0) is 16.1 Å². The number of ether oxygens (including phenoxy) is 3. The summed E-state index contributed by atoms with van der Waals surface area (Å²) in [7, 11) is 2.64. The number of methoxy groups -OCH3 is 2. The minimum atomic E-state index is -0.667. The summed E-state index contributed by atoms with van der Waals surface area (Å²) in [6.07, 6.45) is 6.66. The zero-order valence-electron chi connectivity index (χ0n) is 16.9. The highest BCUT2D eigenvalue weighted by Crippen LogP contribution is 2.43. The fourth-order valence-corrected chi connectivity index (χ4v) is 3.48. The number of imide groups is 1. The molecule has 9 nitrogen and oxygen atoms in total. The molecule has 0 radical (unpaired) electrons. The van der Waals surface area contributed by atoms with Crippen LogP contribution in [0.4, 0.5) is 4.79 Å². The van der Waals surface area contributed by atoms with Gasteiger partial charge in [-0.25, -0.2) is 9.59 Å². The minimum Gasteiger partial charge on any atom is -0.493 e. The van der Waals surface area contributed by atoms with Crippen molar-refractivity contribution >= 4 is 51.5 Å². The molecule has 2 aromatic rings. The molecule has 1 saturated heterocycles. The Bertz CT molecular complexity index is 1170. The Hall–Kier alpha value is -3.42. The third-order valence-electron chi connectivity index (χ3n) is 4.30. The molecule has 1 aromatic heterocycles. The van der Waals surface area contributed by atoms with Crippen LogP contribution in [0, 0.1) is 12.3 Å². The van der Waals surface area contributed by atoms with E-state index in [0.29, 0.717) is 15.8 Å². The first-order chi connectivity index (χ1) is 15.3. The number of nitrogens with one attached hydrogen (secondary N) is 1. The molecule has 1 aliphatic rings. The van der Waals surface area contributed by atoms with Crippen LogP contribution < -0.4 is 14.8 Å². The molecule has 3 rings (SSSR count). The number of nitrogens with zero attached hydrogens (tertiary/aromatic N) is 1. The van der Waals surface area contributed by atoms with E-state index in [2.05, 4.69) is 31.9 Å². The maximum Gasteiger partial charge on any atom is 0.373 e. The third-order valence-corrected chi connectivity index (χ3v) is 5.74. The molecule has 2 heterocycles. The van der Waals surface area contributed by atoms with Gasteiger partial charge >= 0.3 is 12.0 Å². The summed E-state index contributed by atoms with van der Waals surface area (Å²) >= 11 is 9.72. The Morgan fingerprint density at radius 2 is 2.12 bits per heavy atom. The smallest absolute Gasteiger partial charge is 0.373 e. The molecule has 0 spiro atoms. The van der Waals surface area contributed by atoms with Gasteiger partial charge in [0.1, 0.15) is 23.1 Å². The predicted molar refractivity (Wildman–Crippen MR) is 117 cm³/mol. The third kappa shape index (κ3) is 4.59. The molecule has 0 aliphatic carbocycles. The topological polar surface area (TPSA) is 107 Å². The summed E-state index contributed by atoms with van der Waals surface area (Å²) in [4.78, 5) is 37.6. The van der Waals surface area contributed by atoms with Gasteiger partial charge in [-0.15, -0.1) is 6.42 Å². The van der Waals surface area contributed by atoms with E-state index in [1.54, 1.807) is 6.07 Å². The predicted octanol–water partition coefficient (Wildman–Crippen LogP) is 3.60. The molecule has 166 valence electrons. The Labute approximate surface area is 196 Å². The van der Waals surface area contributed by atoms with Gasteiger partial charge in [-0.3, -0.25) is 9.69 Å². The Morgan fingerprint density at radius 3 is 2.78 bits per heavy atom. The largest absolute Gasteiger partial charge is 0.493 e. The molecule has 1 aromatic carbocycles. The number of rotatable bonds is 7. The number of furan rings is 1. The highest BCUT2D eigenvalue weighted by molar-refractivity contribution is 9.10. The van der Waals surface area contributed by atoms with Gasteiger partial charge in [0.2, 0.25) is 5.76 Å². The van der Waals surface area contributed by atoms with Crippen LogP contribution in [0.2, 0.25) is 5.02 Å². The zero-order valence-corrected chi connectivity index (χ0v) is 19.2. The van der Waals surface area contributed by atoms with E-state index < -0.39 is 17.9 Å². The van der Waals surface area contributed by atoms with E-state index in [-0.39, 0.29) is 41.1 Å². The average Bonchev–Trinajstić information content (AvgIpc) is 3.36. The van der Waals surface area contributed by atoms with E-state index >= 15 is 0 Å². The van der Waals surface area contributed by atoms with Gasteiger partial charge in [-0.05, 0) is 45.8 Å². The fourth-order valence-electron chi connectivity index (χ4n) is 2.81. The van der Waals surface area contributed by atoms with Crippen molar-refractivity contribution in [3.05, 3.63) is 50.5 Å². The standard InChI is InChI=1S/C21H16BrClN2O7/c1-4-7-31-18-15(29-2)9-11(16(22)17(18)23)8-13-19(26)25(21(28)24-13)10-12-5-6-14(32-12)20(27)30-3/h1,5-6,8-9H,7,10H2,2-3H3,(H,24,28)/b13-8-. The van der Waals surface area contributed by atoms with Crippen molar-refractivity contribution in [3.63, 3.8) is 0 Å². The van der Waals surface area contributed by atoms with Crippen molar-refractivity contribution < 1.29 is 33.0 Å². The number of benzene rings is 1. The van der Waals surface area contributed by atoms with Crippen LogP contribution in [0.1, 0.15) is 21.9 Å². The van der Waals surface area contributed by atoms with Gasteiger partial charge in [0.15, 0.2) is 11.5 Å². The minimum absolute atomic E-state index is 0.00543. The first-order valence-corrected chi connectivity index (χ1v) is 10.1. The molecule has 1 N–H and O–H groups in total. The van der Waals surface area contributed by atoms with Crippen molar-refractivity contribution in [1.82, 2.24) is 10.2 Å². The second kappa shape index (κ2) is 9.80.